The molecule has 0 bridgehead atoms. The van der Waals surface area contributed by atoms with Crippen LogP contribution in [0.1, 0.15) is 23.2 Å². The first-order chi connectivity index (χ1) is 14.6. The lowest BCUT2D eigenvalue weighted by Gasteiger charge is -2.32. The summed E-state index contributed by atoms with van der Waals surface area (Å²) in [4.78, 5) is 22.0. The van der Waals surface area contributed by atoms with E-state index in [1.807, 2.05) is 35.8 Å². The zero-order chi connectivity index (χ0) is 20.8. The van der Waals surface area contributed by atoms with E-state index in [1.54, 1.807) is 17.8 Å². The summed E-state index contributed by atoms with van der Waals surface area (Å²) in [6, 6.07) is 5.56. The Kier molecular flexibility index (Phi) is 4.28. The van der Waals surface area contributed by atoms with Crippen molar-refractivity contribution in [3.8, 4) is 11.4 Å². The first kappa shape index (κ1) is 18.4. The van der Waals surface area contributed by atoms with Crippen molar-refractivity contribution in [2.24, 2.45) is 0 Å². The molecular formula is C20H22N8O2. The van der Waals surface area contributed by atoms with Crippen LogP contribution >= 0.6 is 0 Å². The minimum Gasteiger partial charge on any atom is -0.391 e. The average molecular weight is 406 g/mol. The van der Waals surface area contributed by atoms with Crippen molar-refractivity contribution >= 4 is 28.7 Å². The van der Waals surface area contributed by atoms with E-state index in [1.165, 1.54) is 6.20 Å². The number of anilines is 2. The molecule has 4 N–H and O–H groups in total. The zero-order valence-electron chi connectivity index (χ0n) is 16.6. The van der Waals surface area contributed by atoms with E-state index < -0.39 is 6.10 Å². The minimum atomic E-state index is -0.493. The highest BCUT2D eigenvalue weighted by Crippen LogP contribution is 2.27. The molecule has 30 heavy (non-hydrogen) atoms. The van der Waals surface area contributed by atoms with Crippen LogP contribution in [0.4, 0.5) is 11.5 Å². The number of amides is 1. The number of aliphatic hydroxyl groups excluding tert-OH is 1. The molecule has 1 aliphatic carbocycles. The Bertz CT molecular complexity index is 1260. The molecule has 1 amide bonds. The van der Waals surface area contributed by atoms with Gasteiger partial charge >= 0.3 is 0 Å². The fourth-order valence-corrected chi connectivity index (χ4v) is 3.75. The molecule has 154 valence electrons. The van der Waals surface area contributed by atoms with Gasteiger partial charge in [0.25, 0.3) is 5.91 Å². The van der Waals surface area contributed by atoms with Crippen LogP contribution in [0.3, 0.4) is 0 Å². The summed E-state index contributed by atoms with van der Waals surface area (Å²) < 4.78 is 3.55. The second kappa shape index (κ2) is 6.99. The topological polar surface area (TPSA) is 121 Å². The van der Waals surface area contributed by atoms with Crippen LogP contribution < -0.4 is 16.0 Å². The molecule has 4 aromatic rings. The molecule has 4 aromatic heterocycles. The van der Waals surface area contributed by atoms with E-state index in [4.69, 9.17) is 4.98 Å². The van der Waals surface area contributed by atoms with Gasteiger partial charge in [0.1, 0.15) is 11.4 Å². The number of fused-ring (bicyclic) bond motifs is 2. The lowest BCUT2D eigenvalue weighted by atomic mass is 9.89. The number of rotatable bonds is 5. The van der Waals surface area contributed by atoms with Crippen molar-refractivity contribution in [3.63, 3.8) is 0 Å². The first-order valence-electron chi connectivity index (χ1n) is 9.80. The Morgan fingerprint density at radius 2 is 2.07 bits per heavy atom. The molecule has 0 aliphatic heterocycles. The average Bonchev–Trinajstić information content (AvgIpc) is 3.42. The number of carbonyl (C=O) groups is 1. The number of hydrogen-bond donors (Lipinski definition) is 4. The number of pyridine rings is 1. The molecule has 0 radical (unpaired) electrons. The van der Waals surface area contributed by atoms with Crippen molar-refractivity contribution < 1.29 is 9.90 Å². The van der Waals surface area contributed by atoms with Gasteiger partial charge in [-0.05, 0) is 25.0 Å². The lowest BCUT2D eigenvalue weighted by Crippen LogP contribution is -2.50. The normalized spacial score (nSPS) is 18.4. The van der Waals surface area contributed by atoms with Crippen LogP contribution in [0.25, 0.3) is 22.7 Å². The van der Waals surface area contributed by atoms with Crippen LogP contribution in [0, 0.1) is 0 Å². The number of aliphatic hydroxyl groups is 1. The molecule has 0 saturated heterocycles. The van der Waals surface area contributed by atoms with Crippen molar-refractivity contribution in [1.29, 1.82) is 0 Å². The third kappa shape index (κ3) is 2.76. The summed E-state index contributed by atoms with van der Waals surface area (Å²) in [7, 11) is 3.64. The summed E-state index contributed by atoms with van der Waals surface area (Å²) >= 11 is 0. The second-order valence-corrected chi connectivity index (χ2v) is 7.30. The molecule has 0 aromatic carbocycles. The number of nitrogens with one attached hydrogen (secondary N) is 3. The highest BCUT2D eigenvalue weighted by atomic mass is 16.3. The van der Waals surface area contributed by atoms with E-state index in [2.05, 4.69) is 26.0 Å². The largest absolute Gasteiger partial charge is 0.391 e. The maximum absolute atomic E-state index is 12.8. The maximum Gasteiger partial charge on any atom is 0.257 e. The van der Waals surface area contributed by atoms with E-state index in [9.17, 15) is 9.90 Å². The molecule has 10 nitrogen and oxygen atoms in total. The summed E-state index contributed by atoms with van der Waals surface area (Å²) in [5.74, 6) is 0.405. The van der Waals surface area contributed by atoms with Gasteiger partial charge in [-0.1, -0.05) is 0 Å². The van der Waals surface area contributed by atoms with Gasteiger partial charge in [0.05, 0.1) is 35.4 Å². The molecule has 1 saturated carbocycles. The molecule has 1 fully saturated rings. The Hall–Kier alpha value is -3.66. The van der Waals surface area contributed by atoms with Gasteiger partial charge in [0.2, 0.25) is 0 Å². The van der Waals surface area contributed by atoms with Gasteiger partial charge in [0, 0.05) is 32.6 Å². The molecule has 1 aliphatic rings. The molecular weight excluding hydrogens is 384 g/mol. The Morgan fingerprint density at radius 3 is 2.77 bits per heavy atom. The summed E-state index contributed by atoms with van der Waals surface area (Å²) in [6.07, 6.45) is 6.09. The molecule has 0 spiro atoms. The smallest absolute Gasteiger partial charge is 0.257 e. The zero-order valence-corrected chi connectivity index (χ0v) is 16.6. The van der Waals surface area contributed by atoms with Gasteiger partial charge in [-0.25, -0.2) is 9.97 Å². The Balaban J connectivity index is 1.63. The van der Waals surface area contributed by atoms with Crippen LogP contribution in [-0.2, 0) is 0 Å². The maximum atomic E-state index is 12.8. The number of hydrogen-bond acceptors (Lipinski definition) is 7. The third-order valence-corrected chi connectivity index (χ3v) is 5.61. The molecule has 10 heteroatoms. The fraction of sp³-hybridized carbons (Fsp3) is 0.300. The monoisotopic (exact) mass is 406 g/mol. The molecule has 0 unspecified atom stereocenters. The predicted octanol–water partition coefficient (Wildman–Crippen LogP) is 1.38. The van der Waals surface area contributed by atoms with Crippen LogP contribution in [0.2, 0.25) is 0 Å². The van der Waals surface area contributed by atoms with Gasteiger partial charge < -0.3 is 21.1 Å². The number of aromatic nitrogens is 5. The van der Waals surface area contributed by atoms with Crippen LogP contribution in [0.5, 0.6) is 0 Å². The standard InChI is InChI=1S/C20H22N8O2/c1-21-13-3-5-15(27-8-7-23-19(13)27)14-9-17(22-2)28-18(25-14)11(10-24-28)20(30)26-12-4-6-16(12)29/h3,5,7-10,12,16,21-22,29H,4,6H2,1-2H3,(H,26,30)/t12-,16+/m0/s1. The fourth-order valence-electron chi connectivity index (χ4n) is 3.75. The SMILES string of the molecule is CNc1ccc(-c2cc(NC)n3ncc(C(=O)N[C@H]4CC[C@H]4O)c3n2)n2ccnc12. The first-order valence-corrected chi connectivity index (χ1v) is 9.80. The van der Waals surface area contributed by atoms with Gasteiger partial charge in [-0.15, -0.1) is 0 Å². The highest BCUT2D eigenvalue weighted by molar-refractivity contribution is 6.00. The van der Waals surface area contributed by atoms with E-state index in [-0.39, 0.29) is 11.9 Å². The van der Waals surface area contributed by atoms with Crippen molar-refractivity contribution in [2.75, 3.05) is 24.7 Å². The quantitative estimate of drug-likeness (QED) is 0.395. The molecule has 4 heterocycles. The van der Waals surface area contributed by atoms with Crippen molar-refractivity contribution in [2.45, 2.75) is 25.0 Å². The summed E-state index contributed by atoms with van der Waals surface area (Å²) in [6.45, 7) is 0. The van der Waals surface area contributed by atoms with E-state index in [0.29, 0.717) is 29.1 Å². The lowest BCUT2D eigenvalue weighted by molar-refractivity contribution is 0.0448. The predicted molar refractivity (Wildman–Crippen MR) is 113 cm³/mol. The second-order valence-electron chi connectivity index (χ2n) is 7.30. The molecule has 5 rings (SSSR count). The third-order valence-electron chi connectivity index (χ3n) is 5.61. The van der Waals surface area contributed by atoms with E-state index >= 15 is 0 Å². The number of imidazole rings is 1. The summed E-state index contributed by atoms with van der Waals surface area (Å²) in [5, 5.41) is 23.3. The van der Waals surface area contributed by atoms with Crippen LogP contribution in [0.15, 0.2) is 36.8 Å². The van der Waals surface area contributed by atoms with Crippen molar-refractivity contribution in [3.05, 3.63) is 42.4 Å². The Labute approximate surface area is 172 Å². The number of carbonyl (C=O) groups excluding carboxylic acids is 1. The van der Waals surface area contributed by atoms with Crippen LogP contribution in [-0.4, -0.2) is 61.2 Å². The summed E-state index contributed by atoms with van der Waals surface area (Å²) in [5.41, 5.74) is 4.00. The Morgan fingerprint density at radius 1 is 1.20 bits per heavy atom. The minimum absolute atomic E-state index is 0.223. The van der Waals surface area contributed by atoms with Crippen molar-refractivity contribution in [1.82, 2.24) is 29.3 Å². The number of nitrogens with zero attached hydrogens (tertiary/aromatic N) is 5. The molecule has 2 atom stereocenters. The van der Waals surface area contributed by atoms with Gasteiger partial charge in [0.15, 0.2) is 11.3 Å². The van der Waals surface area contributed by atoms with Gasteiger partial charge in [-0.2, -0.15) is 9.61 Å². The van der Waals surface area contributed by atoms with E-state index in [0.717, 1.165) is 23.4 Å². The van der Waals surface area contributed by atoms with Gasteiger partial charge in [-0.3, -0.25) is 9.20 Å². The highest BCUT2D eigenvalue weighted by Gasteiger charge is 2.31.